The highest BCUT2D eigenvalue weighted by Gasteiger charge is 2.10. The molecule has 108 valence electrons. The van der Waals surface area contributed by atoms with Crippen molar-refractivity contribution in [3.63, 3.8) is 0 Å². The standard InChI is InChI=1S/C13H19F2NO3/c1-9(16-7-11(17)8-18-2)10-4-3-5-12(6-10)19-13(14)15/h3-6,9,11,13,16-17H,7-8H2,1-2H3. The van der Waals surface area contributed by atoms with Gasteiger partial charge in [-0.25, -0.2) is 0 Å². The summed E-state index contributed by atoms with van der Waals surface area (Å²) < 4.78 is 33.4. The van der Waals surface area contributed by atoms with Crippen LogP contribution in [0.3, 0.4) is 0 Å². The third-order valence-electron chi connectivity index (χ3n) is 2.60. The SMILES string of the molecule is COCC(O)CNC(C)c1cccc(OC(F)F)c1. The predicted octanol–water partition coefficient (Wildman–Crippen LogP) is 1.95. The van der Waals surface area contributed by atoms with Gasteiger partial charge in [-0.2, -0.15) is 8.78 Å². The predicted molar refractivity (Wildman–Crippen MR) is 67.4 cm³/mol. The van der Waals surface area contributed by atoms with Crippen molar-refractivity contribution >= 4 is 0 Å². The van der Waals surface area contributed by atoms with Crippen molar-refractivity contribution in [3.8, 4) is 5.75 Å². The maximum Gasteiger partial charge on any atom is 0.387 e. The van der Waals surface area contributed by atoms with Crippen LogP contribution in [0.4, 0.5) is 8.78 Å². The Morgan fingerprint density at radius 3 is 2.74 bits per heavy atom. The van der Waals surface area contributed by atoms with Crippen LogP contribution >= 0.6 is 0 Å². The molecule has 4 nitrogen and oxygen atoms in total. The highest BCUT2D eigenvalue weighted by Crippen LogP contribution is 2.20. The van der Waals surface area contributed by atoms with Gasteiger partial charge in [0.1, 0.15) is 5.75 Å². The molecule has 0 fully saturated rings. The zero-order chi connectivity index (χ0) is 14.3. The van der Waals surface area contributed by atoms with Gasteiger partial charge in [0.25, 0.3) is 0 Å². The summed E-state index contributed by atoms with van der Waals surface area (Å²) in [4.78, 5) is 0. The molecule has 2 unspecified atom stereocenters. The quantitative estimate of drug-likeness (QED) is 0.761. The Hall–Kier alpha value is -1.24. The second kappa shape index (κ2) is 8.04. The smallest absolute Gasteiger partial charge is 0.387 e. The van der Waals surface area contributed by atoms with Crippen LogP contribution in [-0.4, -0.2) is 38.1 Å². The molecular weight excluding hydrogens is 256 g/mol. The Kier molecular flexibility index (Phi) is 6.69. The Bertz CT molecular complexity index is 377. The second-order valence-corrected chi connectivity index (χ2v) is 4.19. The second-order valence-electron chi connectivity index (χ2n) is 4.19. The summed E-state index contributed by atoms with van der Waals surface area (Å²) >= 11 is 0. The highest BCUT2D eigenvalue weighted by molar-refractivity contribution is 5.30. The van der Waals surface area contributed by atoms with E-state index in [0.29, 0.717) is 6.54 Å². The first-order valence-electron chi connectivity index (χ1n) is 5.98. The Morgan fingerprint density at radius 1 is 1.37 bits per heavy atom. The molecule has 2 atom stereocenters. The summed E-state index contributed by atoms with van der Waals surface area (Å²) in [5.41, 5.74) is 0.808. The number of hydrogen-bond acceptors (Lipinski definition) is 4. The third-order valence-corrected chi connectivity index (χ3v) is 2.60. The molecule has 1 aromatic carbocycles. The molecule has 0 aliphatic carbocycles. The maximum absolute atomic E-state index is 12.1. The van der Waals surface area contributed by atoms with Gasteiger partial charge < -0.3 is 19.9 Å². The molecule has 0 amide bonds. The van der Waals surface area contributed by atoms with Crippen LogP contribution in [0.15, 0.2) is 24.3 Å². The zero-order valence-corrected chi connectivity index (χ0v) is 11.0. The number of aliphatic hydroxyl groups excluding tert-OH is 1. The van der Waals surface area contributed by atoms with Gasteiger partial charge in [-0.3, -0.25) is 0 Å². The van der Waals surface area contributed by atoms with E-state index in [4.69, 9.17) is 4.74 Å². The molecule has 0 spiro atoms. The van der Waals surface area contributed by atoms with Gasteiger partial charge in [0, 0.05) is 19.7 Å². The molecule has 1 aromatic rings. The molecule has 0 aliphatic rings. The number of alkyl halides is 2. The van der Waals surface area contributed by atoms with E-state index in [-0.39, 0.29) is 18.4 Å². The molecule has 0 aromatic heterocycles. The van der Waals surface area contributed by atoms with E-state index >= 15 is 0 Å². The largest absolute Gasteiger partial charge is 0.435 e. The lowest BCUT2D eigenvalue weighted by molar-refractivity contribution is -0.0499. The summed E-state index contributed by atoms with van der Waals surface area (Å²) in [5, 5.41) is 12.6. The van der Waals surface area contributed by atoms with Crippen molar-refractivity contribution in [2.24, 2.45) is 0 Å². The minimum absolute atomic E-state index is 0.0901. The Morgan fingerprint density at radius 2 is 2.11 bits per heavy atom. The van der Waals surface area contributed by atoms with Crippen LogP contribution in [0, 0.1) is 0 Å². The number of nitrogens with one attached hydrogen (secondary N) is 1. The van der Waals surface area contributed by atoms with Crippen molar-refractivity contribution in [3.05, 3.63) is 29.8 Å². The van der Waals surface area contributed by atoms with Gasteiger partial charge >= 0.3 is 6.61 Å². The van der Waals surface area contributed by atoms with Gasteiger partial charge in [-0.15, -0.1) is 0 Å². The van der Waals surface area contributed by atoms with E-state index in [9.17, 15) is 13.9 Å². The number of rotatable bonds is 8. The average Bonchev–Trinajstić information content (AvgIpc) is 2.36. The molecule has 6 heteroatoms. The summed E-state index contributed by atoms with van der Waals surface area (Å²) in [7, 11) is 1.51. The minimum atomic E-state index is -2.83. The van der Waals surface area contributed by atoms with E-state index in [1.165, 1.54) is 13.2 Å². The molecule has 0 heterocycles. The monoisotopic (exact) mass is 275 g/mol. The van der Waals surface area contributed by atoms with E-state index < -0.39 is 12.7 Å². The van der Waals surface area contributed by atoms with E-state index in [1.807, 2.05) is 6.92 Å². The van der Waals surface area contributed by atoms with Crippen molar-refractivity contribution < 1.29 is 23.4 Å². The number of benzene rings is 1. The molecular formula is C13H19F2NO3. The molecule has 0 saturated heterocycles. The van der Waals surface area contributed by atoms with Gasteiger partial charge in [-0.05, 0) is 24.6 Å². The van der Waals surface area contributed by atoms with Gasteiger partial charge in [0.2, 0.25) is 0 Å². The lowest BCUT2D eigenvalue weighted by Gasteiger charge is -2.17. The van der Waals surface area contributed by atoms with Crippen LogP contribution in [0.25, 0.3) is 0 Å². The fraction of sp³-hybridized carbons (Fsp3) is 0.538. The minimum Gasteiger partial charge on any atom is -0.435 e. The van der Waals surface area contributed by atoms with E-state index in [1.54, 1.807) is 18.2 Å². The van der Waals surface area contributed by atoms with Crippen molar-refractivity contribution in [2.45, 2.75) is 25.7 Å². The van der Waals surface area contributed by atoms with E-state index in [0.717, 1.165) is 5.56 Å². The number of ether oxygens (including phenoxy) is 2. The van der Waals surface area contributed by atoms with Gasteiger partial charge in [0.15, 0.2) is 0 Å². The van der Waals surface area contributed by atoms with Crippen LogP contribution in [0.5, 0.6) is 5.75 Å². The number of methoxy groups -OCH3 is 1. The lowest BCUT2D eigenvalue weighted by atomic mass is 10.1. The average molecular weight is 275 g/mol. The molecule has 1 rings (SSSR count). The van der Waals surface area contributed by atoms with Crippen LogP contribution in [-0.2, 0) is 4.74 Å². The van der Waals surface area contributed by atoms with Gasteiger partial charge in [-0.1, -0.05) is 12.1 Å². The summed E-state index contributed by atoms with van der Waals surface area (Å²) in [6.07, 6.45) is -0.604. The maximum atomic E-state index is 12.1. The molecule has 2 N–H and O–H groups in total. The first-order valence-corrected chi connectivity index (χ1v) is 5.98. The fourth-order valence-electron chi connectivity index (χ4n) is 1.64. The molecule has 0 saturated carbocycles. The highest BCUT2D eigenvalue weighted by atomic mass is 19.3. The number of aliphatic hydroxyl groups is 1. The summed E-state index contributed by atoms with van der Waals surface area (Å²) in [5.74, 6) is 0.124. The topological polar surface area (TPSA) is 50.7 Å². The van der Waals surface area contributed by atoms with Crippen LogP contribution in [0.2, 0.25) is 0 Å². The molecule has 0 radical (unpaired) electrons. The number of hydrogen-bond donors (Lipinski definition) is 2. The third kappa shape index (κ3) is 5.96. The zero-order valence-electron chi connectivity index (χ0n) is 11.0. The summed E-state index contributed by atoms with van der Waals surface area (Å²) in [6.45, 7) is -0.355. The fourth-order valence-corrected chi connectivity index (χ4v) is 1.64. The first-order chi connectivity index (χ1) is 9.02. The van der Waals surface area contributed by atoms with Crippen LogP contribution < -0.4 is 10.1 Å². The first kappa shape index (κ1) is 15.8. The van der Waals surface area contributed by atoms with Crippen molar-refractivity contribution in [1.29, 1.82) is 0 Å². The molecule has 19 heavy (non-hydrogen) atoms. The number of halogens is 2. The van der Waals surface area contributed by atoms with Crippen molar-refractivity contribution in [2.75, 3.05) is 20.3 Å². The van der Waals surface area contributed by atoms with E-state index in [2.05, 4.69) is 10.1 Å². The van der Waals surface area contributed by atoms with Gasteiger partial charge in [0.05, 0.1) is 12.7 Å². The summed E-state index contributed by atoms with van der Waals surface area (Å²) in [6, 6.07) is 6.39. The Balaban J connectivity index is 2.54. The van der Waals surface area contributed by atoms with Crippen LogP contribution in [0.1, 0.15) is 18.5 Å². The Labute approximate surface area is 111 Å². The molecule has 0 aliphatic heterocycles. The van der Waals surface area contributed by atoms with Crippen molar-refractivity contribution in [1.82, 2.24) is 5.32 Å². The molecule has 0 bridgehead atoms. The lowest BCUT2D eigenvalue weighted by Crippen LogP contribution is -2.31. The normalized spacial score (nSPS) is 14.4.